The van der Waals surface area contributed by atoms with Crippen molar-refractivity contribution in [2.75, 3.05) is 26.1 Å². The lowest BCUT2D eigenvalue weighted by Crippen LogP contribution is -2.41. The van der Waals surface area contributed by atoms with Gasteiger partial charge >= 0.3 is 6.03 Å². The standard InChI is InChI=1S/C19H19N3O4S/c1-25-14-7-8-15(26-2)17-11(14)9-22(10-13(17)23)19(24)21-18-20-12-5-3-4-6-16(12)27-18/h3-8,13,23H,9-10H2,1-2H3,(H,20,21,24)/t13-/m0/s1. The van der Waals surface area contributed by atoms with Crippen molar-refractivity contribution >= 4 is 32.7 Å². The smallest absolute Gasteiger partial charge is 0.324 e. The summed E-state index contributed by atoms with van der Waals surface area (Å²) in [5.74, 6) is 1.20. The summed E-state index contributed by atoms with van der Waals surface area (Å²) in [6, 6.07) is 10.9. The fourth-order valence-corrected chi connectivity index (χ4v) is 4.18. The minimum atomic E-state index is -0.861. The highest BCUT2D eigenvalue weighted by Crippen LogP contribution is 2.39. The van der Waals surface area contributed by atoms with Gasteiger partial charge in [-0.15, -0.1) is 0 Å². The zero-order chi connectivity index (χ0) is 19.0. The van der Waals surface area contributed by atoms with Crippen LogP contribution in [0, 0.1) is 0 Å². The summed E-state index contributed by atoms with van der Waals surface area (Å²) >= 11 is 1.41. The first kappa shape index (κ1) is 17.6. The molecule has 0 radical (unpaired) electrons. The molecule has 1 aliphatic rings. The van der Waals surface area contributed by atoms with Gasteiger partial charge in [0.25, 0.3) is 0 Å². The Morgan fingerprint density at radius 3 is 2.70 bits per heavy atom. The third-order valence-corrected chi connectivity index (χ3v) is 5.54. The molecular formula is C19H19N3O4S. The first-order chi connectivity index (χ1) is 13.1. The van der Waals surface area contributed by atoms with E-state index < -0.39 is 6.10 Å². The number of carbonyl (C=O) groups excluding carboxylic acids is 1. The number of ether oxygens (including phenoxy) is 2. The third-order valence-electron chi connectivity index (χ3n) is 4.58. The van der Waals surface area contributed by atoms with Crippen molar-refractivity contribution in [3.63, 3.8) is 0 Å². The van der Waals surface area contributed by atoms with E-state index in [1.807, 2.05) is 24.3 Å². The van der Waals surface area contributed by atoms with Gasteiger partial charge in [-0.1, -0.05) is 23.5 Å². The van der Waals surface area contributed by atoms with Crippen LogP contribution >= 0.6 is 11.3 Å². The van der Waals surface area contributed by atoms with Crippen molar-refractivity contribution in [3.05, 3.63) is 47.5 Å². The summed E-state index contributed by atoms with van der Waals surface area (Å²) in [5.41, 5.74) is 2.25. The van der Waals surface area contributed by atoms with E-state index in [1.54, 1.807) is 31.3 Å². The largest absolute Gasteiger partial charge is 0.496 e. The van der Waals surface area contributed by atoms with Gasteiger partial charge < -0.3 is 19.5 Å². The Morgan fingerprint density at radius 1 is 1.22 bits per heavy atom. The topological polar surface area (TPSA) is 83.9 Å². The summed E-state index contributed by atoms with van der Waals surface area (Å²) in [7, 11) is 3.12. The molecular weight excluding hydrogens is 366 g/mol. The molecule has 0 saturated heterocycles. The number of hydrogen-bond acceptors (Lipinski definition) is 6. The molecule has 0 spiro atoms. The molecule has 1 aromatic heterocycles. The fraction of sp³-hybridized carbons (Fsp3) is 0.263. The normalized spacial score (nSPS) is 16.1. The van der Waals surface area contributed by atoms with Gasteiger partial charge in [-0.25, -0.2) is 9.78 Å². The van der Waals surface area contributed by atoms with Gasteiger partial charge in [-0.05, 0) is 24.3 Å². The quantitative estimate of drug-likeness (QED) is 0.722. The minimum absolute atomic E-state index is 0.160. The summed E-state index contributed by atoms with van der Waals surface area (Å²) in [5, 5.41) is 14.0. The van der Waals surface area contributed by atoms with E-state index in [9.17, 15) is 9.90 Å². The molecule has 1 aliphatic heterocycles. The number of hydrogen-bond donors (Lipinski definition) is 2. The molecule has 2 heterocycles. The van der Waals surface area contributed by atoms with E-state index in [0.29, 0.717) is 28.7 Å². The molecule has 0 unspecified atom stereocenters. The fourth-order valence-electron chi connectivity index (χ4n) is 3.33. The van der Waals surface area contributed by atoms with Gasteiger partial charge in [-0.2, -0.15) is 0 Å². The minimum Gasteiger partial charge on any atom is -0.496 e. The average Bonchev–Trinajstić information content (AvgIpc) is 3.09. The number of urea groups is 1. The predicted molar refractivity (Wildman–Crippen MR) is 104 cm³/mol. The van der Waals surface area contributed by atoms with Crippen LogP contribution in [-0.2, 0) is 6.54 Å². The van der Waals surface area contributed by atoms with Crippen LogP contribution in [0.3, 0.4) is 0 Å². The van der Waals surface area contributed by atoms with Crippen molar-refractivity contribution in [1.29, 1.82) is 0 Å². The molecule has 7 nitrogen and oxygen atoms in total. The van der Waals surface area contributed by atoms with Crippen molar-refractivity contribution < 1.29 is 19.4 Å². The summed E-state index contributed by atoms with van der Waals surface area (Å²) in [4.78, 5) is 18.7. The van der Waals surface area contributed by atoms with Crippen LogP contribution in [-0.4, -0.2) is 41.8 Å². The predicted octanol–water partition coefficient (Wildman–Crippen LogP) is 3.39. The number of fused-ring (bicyclic) bond motifs is 2. The van der Waals surface area contributed by atoms with Crippen LogP contribution < -0.4 is 14.8 Å². The molecule has 2 N–H and O–H groups in total. The van der Waals surface area contributed by atoms with Crippen molar-refractivity contribution in [3.8, 4) is 11.5 Å². The number of amides is 2. The highest BCUT2D eigenvalue weighted by atomic mass is 32.1. The van der Waals surface area contributed by atoms with E-state index in [2.05, 4.69) is 10.3 Å². The number of nitrogens with one attached hydrogen (secondary N) is 1. The number of rotatable bonds is 3. The monoisotopic (exact) mass is 385 g/mol. The number of anilines is 1. The van der Waals surface area contributed by atoms with Gasteiger partial charge in [0, 0.05) is 11.1 Å². The van der Waals surface area contributed by atoms with E-state index >= 15 is 0 Å². The molecule has 3 aromatic rings. The number of aliphatic hydroxyl groups excluding tert-OH is 1. The maximum Gasteiger partial charge on any atom is 0.324 e. The molecule has 140 valence electrons. The Morgan fingerprint density at radius 2 is 1.96 bits per heavy atom. The number of aromatic nitrogens is 1. The number of β-amino-alcohol motifs (C(OH)–C–C–N with tert-alkyl or cyclic N) is 1. The summed E-state index contributed by atoms with van der Waals surface area (Å²) in [6.07, 6.45) is -0.861. The highest BCUT2D eigenvalue weighted by molar-refractivity contribution is 7.22. The van der Waals surface area contributed by atoms with Crippen LogP contribution in [0.5, 0.6) is 11.5 Å². The van der Waals surface area contributed by atoms with E-state index in [-0.39, 0.29) is 12.6 Å². The molecule has 27 heavy (non-hydrogen) atoms. The SMILES string of the molecule is COc1ccc(OC)c2c1CN(C(=O)Nc1nc3ccccc3s1)C[C@@H]2O. The first-order valence-electron chi connectivity index (χ1n) is 8.44. The molecule has 8 heteroatoms. The van der Waals surface area contributed by atoms with E-state index in [4.69, 9.17) is 9.47 Å². The Balaban J connectivity index is 1.59. The Hall–Kier alpha value is -2.84. The second kappa shape index (κ2) is 7.05. The van der Waals surface area contributed by atoms with Gasteiger partial charge in [0.05, 0.1) is 37.5 Å². The van der Waals surface area contributed by atoms with Crippen LogP contribution in [0.15, 0.2) is 36.4 Å². The van der Waals surface area contributed by atoms with Crippen LogP contribution in [0.4, 0.5) is 9.93 Å². The number of carbonyl (C=O) groups is 1. The Kier molecular flexibility index (Phi) is 4.59. The zero-order valence-electron chi connectivity index (χ0n) is 14.9. The zero-order valence-corrected chi connectivity index (χ0v) is 15.7. The van der Waals surface area contributed by atoms with Crippen molar-refractivity contribution in [1.82, 2.24) is 9.88 Å². The van der Waals surface area contributed by atoms with E-state index in [0.717, 1.165) is 15.8 Å². The molecule has 4 rings (SSSR count). The van der Waals surface area contributed by atoms with Crippen LogP contribution in [0.1, 0.15) is 17.2 Å². The van der Waals surface area contributed by atoms with E-state index in [1.165, 1.54) is 11.3 Å². The highest BCUT2D eigenvalue weighted by Gasteiger charge is 2.32. The third kappa shape index (κ3) is 3.17. The molecule has 0 bridgehead atoms. The summed E-state index contributed by atoms with van der Waals surface area (Å²) < 4.78 is 11.8. The lowest BCUT2D eigenvalue weighted by Gasteiger charge is -2.33. The second-order valence-corrected chi connectivity index (χ2v) is 7.21. The van der Waals surface area contributed by atoms with Crippen molar-refractivity contribution in [2.24, 2.45) is 0 Å². The lowest BCUT2D eigenvalue weighted by atomic mass is 9.95. The molecule has 0 saturated carbocycles. The Labute approximate surface area is 160 Å². The lowest BCUT2D eigenvalue weighted by molar-refractivity contribution is 0.105. The Bertz CT molecular complexity index is 971. The number of thiazole rings is 1. The molecule has 1 atom stereocenters. The molecule has 2 amide bonds. The number of nitrogens with zero attached hydrogens (tertiary/aromatic N) is 2. The van der Waals surface area contributed by atoms with Gasteiger partial charge in [0.15, 0.2) is 5.13 Å². The van der Waals surface area contributed by atoms with Gasteiger partial charge in [0.1, 0.15) is 17.6 Å². The maximum atomic E-state index is 12.8. The molecule has 0 fully saturated rings. The molecule has 2 aromatic carbocycles. The average molecular weight is 385 g/mol. The first-order valence-corrected chi connectivity index (χ1v) is 9.25. The number of aliphatic hydroxyl groups is 1. The van der Waals surface area contributed by atoms with Gasteiger partial charge in [0.2, 0.25) is 0 Å². The maximum absolute atomic E-state index is 12.8. The summed E-state index contributed by atoms with van der Waals surface area (Å²) in [6.45, 7) is 0.469. The number of methoxy groups -OCH3 is 2. The number of benzene rings is 2. The van der Waals surface area contributed by atoms with Crippen LogP contribution in [0.25, 0.3) is 10.2 Å². The second-order valence-electron chi connectivity index (χ2n) is 6.18. The number of para-hydroxylation sites is 1. The van der Waals surface area contributed by atoms with Crippen LogP contribution in [0.2, 0.25) is 0 Å². The van der Waals surface area contributed by atoms with Crippen molar-refractivity contribution in [2.45, 2.75) is 12.6 Å². The van der Waals surface area contributed by atoms with Gasteiger partial charge in [-0.3, -0.25) is 5.32 Å². The molecule has 0 aliphatic carbocycles.